The van der Waals surface area contributed by atoms with E-state index in [2.05, 4.69) is 45.0 Å². The number of rotatable bonds is 8. The van der Waals surface area contributed by atoms with Crippen molar-refractivity contribution in [3.63, 3.8) is 0 Å². The van der Waals surface area contributed by atoms with Crippen LogP contribution in [0.25, 0.3) is 0 Å². The van der Waals surface area contributed by atoms with E-state index in [1.807, 2.05) is 24.3 Å². The fraction of sp³-hybridized carbons (Fsp3) is 0.227. The van der Waals surface area contributed by atoms with E-state index >= 15 is 0 Å². The fourth-order valence-corrected chi connectivity index (χ4v) is 2.84. The van der Waals surface area contributed by atoms with Crippen molar-refractivity contribution in [3.05, 3.63) is 60.4 Å². The van der Waals surface area contributed by atoms with Gasteiger partial charge in [0.1, 0.15) is 12.0 Å². The number of amides is 1. The summed E-state index contributed by atoms with van der Waals surface area (Å²) >= 11 is 0. The predicted molar refractivity (Wildman–Crippen MR) is 119 cm³/mol. The molecule has 3 rings (SSSR count). The number of carbonyl (C=O) groups is 1. The van der Waals surface area contributed by atoms with Crippen LogP contribution in [0.4, 0.5) is 34.4 Å². The second-order valence-electron chi connectivity index (χ2n) is 6.79. The smallest absolute Gasteiger partial charge is 0.221 e. The van der Waals surface area contributed by atoms with Gasteiger partial charge in [0.05, 0.1) is 0 Å². The zero-order chi connectivity index (χ0) is 20.6. The number of anilines is 6. The summed E-state index contributed by atoms with van der Waals surface area (Å²) in [4.78, 5) is 19.6. The second-order valence-corrected chi connectivity index (χ2v) is 6.79. The van der Waals surface area contributed by atoms with E-state index in [1.165, 1.54) is 31.7 Å². The van der Waals surface area contributed by atoms with Crippen molar-refractivity contribution in [2.24, 2.45) is 0 Å². The van der Waals surface area contributed by atoms with Crippen molar-refractivity contribution in [1.82, 2.24) is 9.97 Å². The summed E-state index contributed by atoms with van der Waals surface area (Å²) in [6.07, 6.45) is 4.92. The van der Waals surface area contributed by atoms with Gasteiger partial charge in [-0.25, -0.2) is 9.97 Å². The van der Waals surface area contributed by atoms with E-state index in [0.29, 0.717) is 17.3 Å². The molecule has 29 heavy (non-hydrogen) atoms. The van der Waals surface area contributed by atoms with Gasteiger partial charge in [0.15, 0.2) is 11.6 Å². The van der Waals surface area contributed by atoms with Gasteiger partial charge in [-0.15, -0.1) is 0 Å². The Morgan fingerprint density at radius 2 is 1.41 bits per heavy atom. The molecule has 0 spiro atoms. The summed E-state index contributed by atoms with van der Waals surface area (Å²) in [5.41, 5.74) is 10.5. The third kappa shape index (κ3) is 5.68. The lowest BCUT2D eigenvalue weighted by atomic mass is 10.1. The van der Waals surface area contributed by atoms with Gasteiger partial charge in [-0.05, 0) is 54.8 Å². The van der Waals surface area contributed by atoms with Crippen molar-refractivity contribution in [3.8, 4) is 0 Å². The quantitative estimate of drug-likeness (QED) is 0.438. The number of nitrogens with two attached hydrogens (primary N) is 1. The zero-order valence-electron chi connectivity index (χ0n) is 16.7. The predicted octanol–water partition coefficient (Wildman–Crippen LogP) is 4.85. The first-order valence-corrected chi connectivity index (χ1v) is 9.66. The van der Waals surface area contributed by atoms with E-state index in [9.17, 15) is 4.79 Å². The van der Waals surface area contributed by atoms with Crippen molar-refractivity contribution in [2.45, 2.75) is 33.1 Å². The third-order valence-electron chi connectivity index (χ3n) is 4.39. The minimum Gasteiger partial charge on any atom is -0.393 e. The first-order valence-electron chi connectivity index (χ1n) is 9.66. The molecule has 2 aromatic carbocycles. The molecule has 150 valence electrons. The molecular weight excluding hydrogens is 364 g/mol. The summed E-state index contributed by atoms with van der Waals surface area (Å²) < 4.78 is 0. The van der Waals surface area contributed by atoms with E-state index in [0.717, 1.165) is 23.5 Å². The number of benzene rings is 2. The fourth-order valence-electron chi connectivity index (χ4n) is 2.84. The SMILES string of the molecule is CCCCc1ccc(Nc2ncnc(Nc3ccc(NC(C)=O)cc3)c2N)cc1. The molecule has 0 saturated heterocycles. The molecule has 0 aliphatic heterocycles. The van der Waals surface area contributed by atoms with E-state index < -0.39 is 0 Å². The van der Waals surface area contributed by atoms with Crippen LogP contribution >= 0.6 is 0 Å². The van der Waals surface area contributed by atoms with Gasteiger partial charge in [0.25, 0.3) is 0 Å². The average Bonchev–Trinajstić information content (AvgIpc) is 2.71. The molecule has 0 fully saturated rings. The van der Waals surface area contributed by atoms with Gasteiger partial charge < -0.3 is 21.7 Å². The van der Waals surface area contributed by atoms with Crippen LogP contribution in [-0.2, 0) is 11.2 Å². The van der Waals surface area contributed by atoms with Crippen LogP contribution in [0.5, 0.6) is 0 Å². The molecule has 0 saturated carbocycles. The lowest BCUT2D eigenvalue weighted by molar-refractivity contribution is -0.114. The summed E-state index contributed by atoms with van der Waals surface area (Å²) in [5.74, 6) is 0.938. The molecule has 0 atom stereocenters. The summed E-state index contributed by atoms with van der Waals surface area (Å²) in [5, 5.41) is 9.16. The van der Waals surface area contributed by atoms with E-state index in [1.54, 1.807) is 12.1 Å². The van der Waals surface area contributed by atoms with E-state index in [-0.39, 0.29) is 5.91 Å². The highest BCUT2D eigenvalue weighted by molar-refractivity contribution is 5.89. The second kappa shape index (κ2) is 9.54. The largest absolute Gasteiger partial charge is 0.393 e. The van der Waals surface area contributed by atoms with Crippen molar-refractivity contribution in [2.75, 3.05) is 21.7 Å². The van der Waals surface area contributed by atoms with Gasteiger partial charge in [0, 0.05) is 24.0 Å². The Labute approximate surface area is 170 Å². The molecule has 7 nitrogen and oxygen atoms in total. The van der Waals surface area contributed by atoms with Crippen LogP contribution in [0.15, 0.2) is 54.9 Å². The van der Waals surface area contributed by atoms with Crippen molar-refractivity contribution >= 4 is 40.3 Å². The van der Waals surface area contributed by atoms with Crippen molar-refractivity contribution < 1.29 is 4.79 Å². The number of carbonyl (C=O) groups excluding carboxylic acids is 1. The zero-order valence-corrected chi connectivity index (χ0v) is 16.7. The minimum atomic E-state index is -0.111. The third-order valence-corrected chi connectivity index (χ3v) is 4.39. The lowest BCUT2D eigenvalue weighted by Gasteiger charge is -2.13. The molecule has 3 aromatic rings. The van der Waals surface area contributed by atoms with Gasteiger partial charge in [-0.2, -0.15) is 0 Å². The van der Waals surface area contributed by atoms with Gasteiger partial charge in [-0.3, -0.25) is 4.79 Å². The van der Waals surface area contributed by atoms with Crippen LogP contribution in [0, 0.1) is 0 Å². The number of hydrogen-bond donors (Lipinski definition) is 4. The molecule has 0 aliphatic rings. The highest BCUT2D eigenvalue weighted by atomic mass is 16.1. The molecule has 7 heteroatoms. The normalized spacial score (nSPS) is 10.4. The number of nitrogens with one attached hydrogen (secondary N) is 3. The maximum Gasteiger partial charge on any atom is 0.221 e. The number of nitrogens with zero attached hydrogens (tertiary/aromatic N) is 2. The molecule has 0 unspecified atom stereocenters. The lowest BCUT2D eigenvalue weighted by Crippen LogP contribution is -2.06. The maximum atomic E-state index is 11.1. The number of aromatic nitrogens is 2. The monoisotopic (exact) mass is 390 g/mol. The Bertz CT molecular complexity index is 954. The number of hydrogen-bond acceptors (Lipinski definition) is 6. The standard InChI is InChI=1S/C22H26N6O/c1-3-4-5-16-6-8-18(9-7-16)27-21-20(23)22(25-14-24-21)28-19-12-10-17(11-13-19)26-15(2)29/h6-14H,3-5,23H2,1-2H3,(H,26,29)(H2,24,25,27,28). The van der Waals surface area contributed by atoms with Gasteiger partial charge in [-0.1, -0.05) is 25.5 Å². The molecule has 1 aromatic heterocycles. The Morgan fingerprint density at radius 1 is 0.897 bits per heavy atom. The minimum absolute atomic E-state index is 0.111. The Hall–Kier alpha value is -3.61. The first-order chi connectivity index (χ1) is 14.0. The molecule has 1 heterocycles. The summed E-state index contributed by atoms with van der Waals surface area (Å²) in [6.45, 7) is 3.66. The Kier molecular flexibility index (Phi) is 6.63. The maximum absolute atomic E-state index is 11.1. The van der Waals surface area contributed by atoms with Gasteiger partial charge in [0.2, 0.25) is 5.91 Å². The molecule has 0 aliphatic carbocycles. The first kappa shape index (κ1) is 20.1. The highest BCUT2D eigenvalue weighted by Crippen LogP contribution is 2.28. The van der Waals surface area contributed by atoms with Crippen LogP contribution < -0.4 is 21.7 Å². The summed E-state index contributed by atoms with van der Waals surface area (Å²) in [7, 11) is 0. The molecule has 0 bridgehead atoms. The van der Waals surface area contributed by atoms with Crippen LogP contribution in [0.2, 0.25) is 0 Å². The Morgan fingerprint density at radius 3 is 1.93 bits per heavy atom. The van der Waals surface area contributed by atoms with Crippen molar-refractivity contribution in [1.29, 1.82) is 0 Å². The van der Waals surface area contributed by atoms with Crippen LogP contribution in [0.1, 0.15) is 32.3 Å². The molecule has 0 radical (unpaired) electrons. The van der Waals surface area contributed by atoms with Crippen LogP contribution in [-0.4, -0.2) is 15.9 Å². The molecule has 1 amide bonds. The van der Waals surface area contributed by atoms with Gasteiger partial charge >= 0.3 is 0 Å². The number of nitrogen functional groups attached to an aromatic ring is 1. The molecule has 5 N–H and O–H groups in total. The number of unbranched alkanes of at least 4 members (excludes halogenated alkanes) is 1. The highest BCUT2D eigenvalue weighted by Gasteiger charge is 2.09. The average molecular weight is 390 g/mol. The summed E-state index contributed by atoms with van der Waals surface area (Å²) in [6, 6.07) is 15.6. The topological polar surface area (TPSA) is 105 Å². The number of aryl methyl sites for hydroxylation is 1. The van der Waals surface area contributed by atoms with E-state index in [4.69, 9.17) is 5.73 Å². The molecular formula is C22H26N6O. The van der Waals surface area contributed by atoms with Crippen LogP contribution in [0.3, 0.4) is 0 Å². The Balaban J connectivity index is 1.69.